The van der Waals surface area contributed by atoms with Gasteiger partial charge in [0.05, 0.1) is 11.2 Å². The Morgan fingerprint density at radius 1 is 0.381 bits per heavy atom. The van der Waals surface area contributed by atoms with Gasteiger partial charge in [0, 0.05) is 42.7 Å². The topological polar surface area (TPSA) is 4.93 Å². The van der Waals surface area contributed by atoms with Crippen LogP contribution in [-0.4, -0.2) is 4.57 Å². The van der Waals surface area contributed by atoms with Crippen molar-refractivity contribution in [1.82, 2.24) is 4.57 Å². The number of hydrogen-bond acceptors (Lipinski definition) is 1. The maximum Gasteiger partial charge on any atom is 0.0627 e. The Balaban J connectivity index is 1.49. The second-order valence-electron chi connectivity index (χ2n) is 10.5. The maximum atomic E-state index is 2.44. The summed E-state index contributed by atoms with van der Waals surface area (Å²) in [5.41, 5.74) is 9.84. The number of rotatable bonds is 5. The molecule has 0 spiro atoms. The summed E-state index contributed by atoms with van der Waals surface area (Å²) in [6, 6.07) is 58.9. The van der Waals surface area contributed by atoms with E-state index in [4.69, 9.17) is 0 Å². The van der Waals surface area contributed by atoms with E-state index >= 15 is 0 Å². The van der Waals surface area contributed by atoms with Crippen LogP contribution in [0.25, 0.3) is 70.6 Å². The first-order valence-corrected chi connectivity index (χ1v) is 15.1. The van der Waals surface area contributed by atoms with E-state index in [1.807, 2.05) is 11.3 Å². The normalized spacial score (nSPS) is 11.3. The van der Waals surface area contributed by atoms with Crippen LogP contribution in [0.2, 0.25) is 0 Å². The van der Waals surface area contributed by atoms with Crippen molar-refractivity contribution in [2.75, 3.05) is 0 Å². The molecule has 198 valence electrons. The summed E-state index contributed by atoms with van der Waals surface area (Å²) in [6.45, 7) is 0. The highest BCUT2D eigenvalue weighted by molar-refractivity contribution is 7.21. The van der Waals surface area contributed by atoms with E-state index in [2.05, 4.69) is 168 Å². The third kappa shape index (κ3) is 4.00. The Bertz CT molecular complexity index is 2170. The molecule has 42 heavy (non-hydrogen) atoms. The number of nitrogens with zero attached hydrogens (tertiary/aromatic N) is 1. The molecular weight excluding hydrogens is 527 g/mol. The van der Waals surface area contributed by atoms with E-state index in [1.54, 1.807) is 0 Å². The van der Waals surface area contributed by atoms with Gasteiger partial charge in [0.25, 0.3) is 0 Å². The van der Waals surface area contributed by atoms with Gasteiger partial charge < -0.3 is 4.57 Å². The summed E-state index contributed by atoms with van der Waals surface area (Å²) in [4.78, 5) is 2.60. The largest absolute Gasteiger partial charge is 0.309 e. The van der Waals surface area contributed by atoms with Crippen molar-refractivity contribution < 1.29 is 0 Å². The van der Waals surface area contributed by atoms with Crippen molar-refractivity contribution in [3.63, 3.8) is 0 Å². The third-order valence-electron chi connectivity index (χ3n) is 8.04. The monoisotopic (exact) mass is 553 g/mol. The van der Waals surface area contributed by atoms with Gasteiger partial charge >= 0.3 is 0 Å². The number of hydrogen-bond donors (Lipinski definition) is 0. The molecule has 0 aliphatic rings. The highest BCUT2D eigenvalue weighted by Crippen LogP contribution is 2.51. The van der Waals surface area contributed by atoms with Crippen LogP contribution in [0.15, 0.2) is 164 Å². The van der Waals surface area contributed by atoms with Gasteiger partial charge in [-0.1, -0.05) is 146 Å². The summed E-state index contributed by atoms with van der Waals surface area (Å²) in [5, 5.41) is 3.83. The van der Waals surface area contributed by atoms with Gasteiger partial charge in [0.15, 0.2) is 0 Å². The lowest BCUT2D eigenvalue weighted by Crippen LogP contribution is -1.97. The van der Waals surface area contributed by atoms with Crippen molar-refractivity contribution in [1.29, 1.82) is 0 Å². The third-order valence-corrected chi connectivity index (χ3v) is 9.31. The fourth-order valence-electron chi connectivity index (χ4n) is 6.21. The SMILES string of the molecule is c1ccc(-c2ccccc2-c2sc(-c3c(-c4ccccc4)n(-c4ccccc4)c4ccccc34)c3ccccc23)cc1. The fourth-order valence-corrected chi connectivity index (χ4v) is 7.59. The van der Waals surface area contributed by atoms with Crippen LogP contribution in [0.5, 0.6) is 0 Å². The molecule has 0 aliphatic carbocycles. The molecule has 0 saturated heterocycles. The van der Waals surface area contributed by atoms with Crippen LogP contribution in [-0.2, 0) is 0 Å². The molecular formula is C40H27NS. The lowest BCUT2D eigenvalue weighted by Gasteiger charge is -2.13. The molecule has 2 heterocycles. The first kappa shape index (κ1) is 24.6. The predicted octanol–water partition coefficient (Wildman–Crippen LogP) is 11.5. The smallest absolute Gasteiger partial charge is 0.0627 e. The van der Waals surface area contributed by atoms with E-state index in [-0.39, 0.29) is 0 Å². The van der Waals surface area contributed by atoms with Crippen molar-refractivity contribution in [3.05, 3.63) is 164 Å². The Morgan fingerprint density at radius 2 is 0.881 bits per heavy atom. The quantitative estimate of drug-likeness (QED) is 0.200. The molecule has 0 aliphatic heterocycles. The van der Waals surface area contributed by atoms with Gasteiger partial charge in [-0.2, -0.15) is 0 Å². The van der Waals surface area contributed by atoms with E-state index in [9.17, 15) is 0 Å². The number of thiophene rings is 1. The standard InChI is InChI=1S/C40H27NS/c1-4-16-28(17-5-1)31-22-10-11-23-32(31)39-33-24-12-13-25-34(33)40(42-39)37-35-26-14-15-27-36(35)41(30-20-8-3-9-21-30)38(37)29-18-6-2-7-19-29/h1-27H. The minimum Gasteiger partial charge on any atom is -0.309 e. The fraction of sp³-hybridized carbons (Fsp3) is 0. The first-order valence-electron chi connectivity index (χ1n) is 14.3. The van der Waals surface area contributed by atoms with Crippen LogP contribution in [0.4, 0.5) is 0 Å². The zero-order valence-electron chi connectivity index (χ0n) is 22.9. The average Bonchev–Trinajstić information content (AvgIpc) is 3.62. The zero-order chi connectivity index (χ0) is 27.9. The zero-order valence-corrected chi connectivity index (χ0v) is 23.8. The Kier molecular flexibility index (Phi) is 6.05. The number of fused-ring (bicyclic) bond motifs is 2. The molecule has 1 nitrogen and oxygen atoms in total. The Labute approximate surface area is 249 Å². The second kappa shape index (κ2) is 10.3. The molecule has 0 amide bonds. The number of aromatic nitrogens is 1. The minimum absolute atomic E-state index is 1.16. The molecule has 8 aromatic rings. The van der Waals surface area contributed by atoms with Crippen molar-refractivity contribution in [2.24, 2.45) is 0 Å². The number of para-hydroxylation sites is 2. The van der Waals surface area contributed by atoms with Gasteiger partial charge in [-0.25, -0.2) is 0 Å². The molecule has 8 rings (SSSR count). The molecule has 0 saturated carbocycles. The van der Waals surface area contributed by atoms with Gasteiger partial charge in [0.1, 0.15) is 0 Å². The van der Waals surface area contributed by atoms with Crippen LogP contribution < -0.4 is 0 Å². The first-order chi connectivity index (χ1) is 20.9. The van der Waals surface area contributed by atoms with E-state index in [0.717, 1.165) is 5.69 Å². The van der Waals surface area contributed by atoms with Crippen LogP contribution in [0, 0.1) is 0 Å². The van der Waals surface area contributed by atoms with Gasteiger partial charge in [-0.05, 0) is 34.9 Å². The number of benzene rings is 6. The molecule has 2 heteroatoms. The Hall–Kier alpha value is -5.18. The molecule has 2 aromatic heterocycles. The van der Waals surface area contributed by atoms with Crippen LogP contribution in [0.3, 0.4) is 0 Å². The van der Waals surface area contributed by atoms with Crippen LogP contribution in [0.1, 0.15) is 0 Å². The van der Waals surface area contributed by atoms with Gasteiger partial charge in [-0.3, -0.25) is 0 Å². The molecule has 0 fully saturated rings. The summed E-state index contributed by atoms with van der Waals surface area (Å²) in [7, 11) is 0. The average molecular weight is 554 g/mol. The van der Waals surface area contributed by atoms with E-state index in [0.29, 0.717) is 0 Å². The molecule has 0 atom stereocenters. The minimum atomic E-state index is 1.16. The molecule has 0 radical (unpaired) electrons. The summed E-state index contributed by atoms with van der Waals surface area (Å²) in [6.07, 6.45) is 0. The molecule has 0 unspecified atom stereocenters. The van der Waals surface area contributed by atoms with E-state index in [1.165, 1.54) is 64.9 Å². The summed E-state index contributed by atoms with van der Waals surface area (Å²) < 4.78 is 2.44. The van der Waals surface area contributed by atoms with Crippen molar-refractivity contribution >= 4 is 33.0 Å². The predicted molar refractivity (Wildman–Crippen MR) is 180 cm³/mol. The lowest BCUT2D eigenvalue weighted by molar-refractivity contribution is 1.14. The highest BCUT2D eigenvalue weighted by atomic mass is 32.1. The van der Waals surface area contributed by atoms with Crippen LogP contribution >= 0.6 is 11.3 Å². The van der Waals surface area contributed by atoms with Gasteiger partial charge in [-0.15, -0.1) is 11.3 Å². The Morgan fingerprint density at radius 3 is 1.57 bits per heavy atom. The maximum absolute atomic E-state index is 2.44. The summed E-state index contributed by atoms with van der Waals surface area (Å²) >= 11 is 1.91. The second-order valence-corrected chi connectivity index (χ2v) is 11.5. The lowest BCUT2D eigenvalue weighted by atomic mass is 9.96. The molecule has 6 aromatic carbocycles. The van der Waals surface area contributed by atoms with E-state index < -0.39 is 0 Å². The summed E-state index contributed by atoms with van der Waals surface area (Å²) in [5.74, 6) is 0. The van der Waals surface area contributed by atoms with Crippen molar-refractivity contribution in [2.45, 2.75) is 0 Å². The highest BCUT2D eigenvalue weighted by Gasteiger charge is 2.25. The molecule has 0 bridgehead atoms. The van der Waals surface area contributed by atoms with Gasteiger partial charge in [0.2, 0.25) is 0 Å². The molecule has 0 N–H and O–H groups in total. The van der Waals surface area contributed by atoms with Crippen molar-refractivity contribution in [3.8, 4) is 49.0 Å².